The lowest BCUT2D eigenvalue weighted by molar-refractivity contribution is 0.491. The minimum absolute atomic E-state index is 0.0440. The molecule has 30 heavy (non-hydrogen) atoms. The summed E-state index contributed by atoms with van der Waals surface area (Å²) in [6, 6.07) is 5.56. The highest BCUT2D eigenvalue weighted by atomic mass is 32.2. The lowest BCUT2D eigenvalue weighted by atomic mass is 10.1. The van der Waals surface area contributed by atoms with Gasteiger partial charge in [-0.05, 0) is 57.0 Å². The van der Waals surface area contributed by atoms with Crippen molar-refractivity contribution in [1.82, 2.24) is 14.7 Å². The Morgan fingerprint density at radius 1 is 1.13 bits per heavy atom. The van der Waals surface area contributed by atoms with E-state index in [1.165, 1.54) is 24.4 Å². The van der Waals surface area contributed by atoms with Crippen LogP contribution >= 0.6 is 0 Å². The molecule has 0 aliphatic rings. The molecule has 0 saturated heterocycles. The standard InChI is InChI=1S/C20H24FN3O4S2/c1-6-12-9-17-14(10-15(12)21)19(29(5,25)26)18(23-17)16-8-7-13(11-22-16)30(27,28)24-20(2,3)4/h7-11,23-24H,6H2,1-5H3. The molecule has 0 atom stereocenters. The minimum atomic E-state index is -3.79. The van der Waals surface area contributed by atoms with Gasteiger partial charge in [0.25, 0.3) is 0 Å². The first-order chi connectivity index (χ1) is 13.7. The van der Waals surface area contributed by atoms with Crippen molar-refractivity contribution in [3.8, 4) is 11.4 Å². The number of aromatic amines is 1. The van der Waals surface area contributed by atoms with Gasteiger partial charge >= 0.3 is 0 Å². The highest BCUT2D eigenvalue weighted by Crippen LogP contribution is 2.34. The first kappa shape index (κ1) is 22.4. The third-order valence-corrected chi connectivity index (χ3v) is 7.32. The molecule has 0 bridgehead atoms. The van der Waals surface area contributed by atoms with Gasteiger partial charge in [0.1, 0.15) is 15.6 Å². The fraction of sp³-hybridized carbons (Fsp3) is 0.350. The maximum Gasteiger partial charge on any atom is 0.242 e. The first-order valence-electron chi connectivity index (χ1n) is 9.27. The number of aryl methyl sites for hydroxylation is 1. The highest BCUT2D eigenvalue weighted by molar-refractivity contribution is 7.91. The summed E-state index contributed by atoms with van der Waals surface area (Å²) in [5, 5.41) is 0.232. The number of H-pyrrole nitrogens is 1. The number of nitrogens with zero attached hydrogens (tertiary/aromatic N) is 1. The minimum Gasteiger partial charge on any atom is -0.352 e. The predicted octanol–water partition coefficient (Wildman–Crippen LogP) is 3.41. The third kappa shape index (κ3) is 4.40. The second kappa shape index (κ2) is 7.44. The summed E-state index contributed by atoms with van der Waals surface area (Å²) in [6.07, 6.45) is 2.66. The van der Waals surface area contributed by atoms with Crippen molar-refractivity contribution in [2.45, 2.75) is 49.4 Å². The van der Waals surface area contributed by atoms with E-state index in [-0.39, 0.29) is 26.6 Å². The number of sulfone groups is 1. The van der Waals surface area contributed by atoms with Crippen LogP contribution in [-0.2, 0) is 26.3 Å². The van der Waals surface area contributed by atoms with Crippen molar-refractivity contribution < 1.29 is 21.2 Å². The lowest BCUT2D eigenvalue weighted by Gasteiger charge is -2.20. The van der Waals surface area contributed by atoms with Gasteiger partial charge in [-0.25, -0.2) is 25.9 Å². The fourth-order valence-electron chi connectivity index (χ4n) is 3.22. The topological polar surface area (TPSA) is 109 Å². The van der Waals surface area contributed by atoms with Crippen LogP contribution in [-0.4, -0.2) is 38.6 Å². The molecule has 0 saturated carbocycles. The van der Waals surface area contributed by atoms with Crippen LogP contribution in [0.3, 0.4) is 0 Å². The molecule has 0 spiro atoms. The summed E-state index contributed by atoms with van der Waals surface area (Å²) in [5.41, 5.74) is 0.682. The predicted molar refractivity (Wildman–Crippen MR) is 114 cm³/mol. The number of fused-ring (bicyclic) bond motifs is 1. The highest BCUT2D eigenvalue weighted by Gasteiger charge is 2.25. The number of sulfonamides is 1. The summed E-state index contributed by atoms with van der Waals surface area (Å²) >= 11 is 0. The zero-order valence-corrected chi connectivity index (χ0v) is 19.0. The molecule has 162 valence electrons. The van der Waals surface area contributed by atoms with Gasteiger partial charge in [0.15, 0.2) is 9.84 Å². The van der Waals surface area contributed by atoms with E-state index in [0.29, 0.717) is 17.5 Å². The molecule has 3 rings (SSSR count). The quantitative estimate of drug-likeness (QED) is 0.615. The second-order valence-corrected chi connectivity index (χ2v) is 11.8. The Balaban J connectivity index is 2.17. The molecule has 1 aromatic carbocycles. The molecule has 0 amide bonds. The molecular weight excluding hydrogens is 429 g/mol. The molecule has 0 unspecified atom stereocenters. The van der Waals surface area contributed by atoms with Crippen molar-refractivity contribution in [3.05, 3.63) is 41.8 Å². The van der Waals surface area contributed by atoms with Gasteiger partial charge in [-0.15, -0.1) is 0 Å². The van der Waals surface area contributed by atoms with Crippen molar-refractivity contribution in [2.75, 3.05) is 6.26 Å². The van der Waals surface area contributed by atoms with Crippen molar-refractivity contribution in [3.63, 3.8) is 0 Å². The largest absolute Gasteiger partial charge is 0.352 e. The maximum absolute atomic E-state index is 14.3. The summed E-state index contributed by atoms with van der Waals surface area (Å²) in [5.74, 6) is -0.483. The molecule has 2 heterocycles. The number of benzene rings is 1. The first-order valence-corrected chi connectivity index (χ1v) is 12.6. The number of aromatic nitrogens is 2. The Labute approximate surface area is 175 Å². The number of hydrogen-bond donors (Lipinski definition) is 2. The average Bonchev–Trinajstić information content (AvgIpc) is 2.97. The second-order valence-electron chi connectivity index (χ2n) is 8.18. The van der Waals surface area contributed by atoms with Crippen LogP contribution in [0.5, 0.6) is 0 Å². The van der Waals surface area contributed by atoms with Crippen LogP contribution in [0, 0.1) is 5.82 Å². The molecule has 0 aliphatic carbocycles. The Morgan fingerprint density at radius 2 is 1.80 bits per heavy atom. The molecule has 10 heteroatoms. The fourth-order valence-corrected chi connectivity index (χ4v) is 5.68. The van der Waals surface area contributed by atoms with Gasteiger partial charge in [-0.3, -0.25) is 4.98 Å². The molecular formula is C20H24FN3O4S2. The smallest absolute Gasteiger partial charge is 0.242 e. The van der Waals surface area contributed by atoms with Crippen LogP contribution in [0.4, 0.5) is 4.39 Å². The van der Waals surface area contributed by atoms with E-state index in [9.17, 15) is 21.2 Å². The Hall–Kier alpha value is -2.30. The normalized spacial score (nSPS) is 13.1. The van der Waals surface area contributed by atoms with E-state index in [2.05, 4.69) is 14.7 Å². The molecule has 3 aromatic rings. The lowest BCUT2D eigenvalue weighted by Crippen LogP contribution is -2.40. The number of halogens is 1. The maximum atomic E-state index is 14.3. The Kier molecular flexibility index (Phi) is 5.55. The van der Waals surface area contributed by atoms with Gasteiger partial charge in [-0.1, -0.05) is 6.92 Å². The van der Waals surface area contributed by atoms with Gasteiger partial charge < -0.3 is 4.98 Å². The number of nitrogens with one attached hydrogen (secondary N) is 2. The zero-order valence-electron chi connectivity index (χ0n) is 17.4. The molecule has 2 aromatic heterocycles. The monoisotopic (exact) mass is 453 g/mol. The van der Waals surface area contributed by atoms with E-state index >= 15 is 0 Å². The number of rotatable bonds is 5. The van der Waals surface area contributed by atoms with Crippen LogP contribution in [0.2, 0.25) is 0 Å². The van der Waals surface area contributed by atoms with E-state index in [0.717, 1.165) is 6.26 Å². The third-order valence-electron chi connectivity index (χ3n) is 4.41. The summed E-state index contributed by atoms with van der Waals surface area (Å²) in [7, 11) is -7.52. The van der Waals surface area contributed by atoms with Gasteiger partial charge in [-0.2, -0.15) is 0 Å². The van der Waals surface area contributed by atoms with E-state index in [1.54, 1.807) is 33.8 Å². The molecule has 0 fully saturated rings. The summed E-state index contributed by atoms with van der Waals surface area (Å²) in [4.78, 5) is 7.06. The van der Waals surface area contributed by atoms with Gasteiger partial charge in [0.05, 0.1) is 11.4 Å². The SMILES string of the molecule is CCc1cc2[nH]c(-c3ccc(S(=O)(=O)NC(C)(C)C)cn3)c(S(C)(=O)=O)c2cc1F. The van der Waals surface area contributed by atoms with E-state index in [1.807, 2.05) is 0 Å². The number of pyridine rings is 1. The Bertz CT molecular complexity index is 1320. The van der Waals surface area contributed by atoms with Gasteiger partial charge in [0, 0.05) is 28.9 Å². The zero-order chi connectivity index (χ0) is 22.5. The van der Waals surface area contributed by atoms with Crippen LogP contribution in [0.15, 0.2) is 40.3 Å². The average molecular weight is 454 g/mol. The van der Waals surface area contributed by atoms with Gasteiger partial charge in [0.2, 0.25) is 10.0 Å². The van der Waals surface area contributed by atoms with Crippen molar-refractivity contribution >= 4 is 30.8 Å². The molecule has 2 N–H and O–H groups in total. The van der Waals surface area contributed by atoms with E-state index < -0.39 is 31.2 Å². The van der Waals surface area contributed by atoms with Crippen LogP contribution in [0.1, 0.15) is 33.3 Å². The number of hydrogen-bond acceptors (Lipinski definition) is 5. The summed E-state index contributed by atoms with van der Waals surface area (Å²) in [6.45, 7) is 6.97. The Morgan fingerprint density at radius 3 is 2.30 bits per heavy atom. The van der Waals surface area contributed by atoms with Crippen molar-refractivity contribution in [2.24, 2.45) is 0 Å². The van der Waals surface area contributed by atoms with E-state index in [4.69, 9.17) is 0 Å². The van der Waals surface area contributed by atoms with Crippen LogP contribution in [0.25, 0.3) is 22.3 Å². The molecule has 0 radical (unpaired) electrons. The molecule has 7 nitrogen and oxygen atoms in total. The van der Waals surface area contributed by atoms with Crippen LogP contribution < -0.4 is 4.72 Å². The summed E-state index contributed by atoms with van der Waals surface area (Å²) < 4.78 is 66.8. The molecule has 0 aliphatic heterocycles. The van der Waals surface area contributed by atoms with Crippen molar-refractivity contribution in [1.29, 1.82) is 0 Å².